The number of ether oxygens (including phenoxy) is 1. The van der Waals surface area contributed by atoms with Crippen molar-refractivity contribution in [2.24, 2.45) is 7.05 Å². The number of hydrogen-bond donors (Lipinski definition) is 1. The molecule has 0 bridgehead atoms. The number of thiazole rings is 1. The van der Waals surface area contributed by atoms with E-state index in [0.717, 1.165) is 34.6 Å². The van der Waals surface area contributed by atoms with Gasteiger partial charge in [-0.2, -0.15) is 0 Å². The van der Waals surface area contributed by atoms with Crippen molar-refractivity contribution in [1.82, 2.24) is 9.29 Å². The van der Waals surface area contributed by atoms with Crippen LogP contribution in [0.1, 0.15) is 12.0 Å². The van der Waals surface area contributed by atoms with Crippen molar-refractivity contribution >= 4 is 31.6 Å². The van der Waals surface area contributed by atoms with Crippen LogP contribution >= 0.6 is 11.3 Å². The summed E-state index contributed by atoms with van der Waals surface area (Å²) in [5.41, 5.74) is 1.86. The molecule has 0 spiro atoms. The largest absolute Gasteiger partial charge is 0.497 e. The van der Waals surface area contributed by atoms with Crippen LogP contribution in [0.3, 0.4) is 0 Å². The van der Waals surface area contributed by atoms with Crippen molar-refractivity contribution in [2.45, 2.75) is 17.7 Å². The van der Waals surface area contributed by atoms with E-state index in [1.807, 2.05) is 24.3 Å². The minimum Gasteiger partial charge on any atom is -0.497 e. The van der Waals surface area contributed by atoms with Crippen LogP contribution in [0.4, 0.5) is 0 Å². The van der Waals surface area contributed by atoms with Crippen LogP contribution in [0.2, 0.25) is 0 Å². The smallest absolute Gasteiger partial charge is 0.307 e. The average Bonchev–Trinajstić information content (AvgIpc) is 2.93. The molecule has 26 heavy (non-hydrogen) atoms. The lowest BCUT2D eigenvalue weighted by Gasteiger charge is -2.07. The van der Waals surface area contributed by atoms with Crippen LogP contribution in [-0.2, 0) is 23.5 Å². The summed E-state index contributed by atoms with van der Waals surface area (Å²) in [4.78, 5) is 11.8. The highest BCUT2D eigenvalue weighted by molar-refractivity contribution is 7.89. The summed E-state index contributed by atoms with van der Waals surface area (Å²) in [6, 6.07) is 12.5. The Morgan fingerprint density at radius 1 is 1.15 bits per heavy atom. The van der Waals surface area contributed by atoms with E-state index in [-0.39, 0.29) is 9.77 Å². The summed E-state index contributed by atoms with van der Waals surface area (Å²) in [5, 5.41) is 0. The number of rotatable bonds is 7. The number of fused-ring (bicyclic) bond motifs is 1. The zero-order chi connectivity index (χ0) is 18.7. The van der Waals surface area contributed by atoms with Gasteiger partial charge in [0.25, 0.3) is 0 Å². The minimum atomic E-state index is -3.60. The molecular weight excluding hydrogens is 372 g/mol. The van der Waals surface area contributed by atoms with Crippen LogP contribution in [0.15, 0.2) is 52.2 Å². The molecule has 6 nitrogen and oxygen atoms in total. The minimum absolute atomic E-state index is 0.109. The fourth-order valence-corrected chi connectivity index (χ4v) is 4.75. The molecule has 0 fully saturated rings. The predicted octanol–water partition coefficient (Wildman–Crippen LogP) is 2.52. The normalized spacial score (nSPS) is 11.8. The topological polar surface area (TPSA) is 77.4 Å². The maximum Gasteiger partial charge on any atom is 0.307 e. The van der Waals surface area contributed by atoms with E-state index in [4.69, 9.17) is 4.74 Å². The second-order valence-corrected chi connectivity index (χ2v) is 8.67. The molecule has 0 atom stereocenters. The van der Waals surface area contributed by atoms with Crippen molar-refractivity contribution in [3.8, 4) is 5.75 Å². The van der Waals surface area contributed by atoms with Gasteiger partial charge in [-0.25, -0.2) is 13.1 Å². The maximum atomic E-state index is 12.5. The number of aryl methyl sites for hydroxylation is 2. The highest BCUT2D eigenvalue weighted by Crippen LogP contribution is 2.21. The van der Waals surface area contributed by atoms with E-state index in [9.17, 15) is 13.2 Å². The van der Waals surface area contributed by atoms with Gasteiger partial charge in [0.15, 0.2) is 0 Å². The molecule has 1 heterocycles. The molecule has 0 amide bonds. The molecule has 138 valence electrons. The SMILES string of the molecule is COc1ccc(CCCNS(=O)(=O)c2ccc3c(c2)sc(=O)n3C)cc1. The Kier molecular flexibility index (Phi) is 5.45. The number of methoxy groups -OCH3 is 1. The predicted molar refractivity (Wildman–Crippen MR) is 104 cm³/mol. The first-order chi connectivity index (χ1) is 12.4. The van der Waals surface area contributed by atoms with E-state index < -0.39 is 10.0 Å². The van der Waals surface area contributed by atoms with E-state index in [1.165, 1.54) is 10.6 Å². The third-order valence-electron chi connectivity index (χ3n) is 4.17. The molecular formula is C18H20N2O4S2. The van der Waals surface area contributed by atoms with Gasteiger partial charge in [-0.3, -0.25) is 4.79 Å². The molecule has 2 aromatic carbocycles. The molecule has 0 aliphatic rings. The van der Waals surface area contributed by atoms with Gasteiger partial charge < -0.3 is 9.30 Å². The second-order valence-electron chi connectivity index (χ2n) is 5.91. The molecule has 1 aromatic heterocycles. The first-order valence-electron chi connectivity index (χ1n) is 8.13. The zero-order valence-corrected chi connectivity index (χ0v) is 16.2. The Balaban J connectivity index is 1.62. The number of nitrogens with one attached hydrogen (secondary N) is 1. The second kappa shape index (κ2) is 7.61. The summed E-state index contributed by atoms with van der Waals surface area (Å²) in [5.74, 6) is 0.799. The number of aromatic nitrogens is 1. The highest BCUT2D eigenvalue weighted by atomic mass is 32.2. The van der Waals surface area contributed by atoms with Gasteiger partial charge in [0, 0.05) is 13.6 Å². The summed E-state index contributed by atoms with van der Waals surface area (Å²) < 4.78 is 34.8. The van der Waals surface area contributed by atoms with Gasteiger partial charge in [0.05, 0.1) is 22.2 Å². The summed E-state index contributed by atoms with van der Waals surface area (Å²) >= 11 is 1.04. The molecule has 3 aromatic rings. The fraction of sp³-hybridized carbons (Fsp3) is 0.278. The molecule has 0 unspecified atom stereocenters. The first-order valence-corrected chi connectivity index (χ1v) is 10.4. The molecule has 0 saturated carbocycles. The van der Waals surface area contributed by atoms with Gasteiger partial charge in [0.1, 0.15) is 5.75 Å². The molecule has 1 N–H and O–H groups in total. The lowest BCUT2D eigenvalue weighted by Crippen LogP contribution is -2.25. The molecule has 0 aliphatic carbocycles. The number of benzene rings is 2. The molecule has 0 aliphatic heterocycles. The average molecular weight is 393 g/mol. The van der Waals surface area contributed by atoms with E-state index >= 15 is 0 Å². The number of nitrogens with zero attached hydrogens (tertiary/aromatic N) is 1. The van der Waals surface area contributed by atoms with E-state index in [0.29, 0.717) is 17.7 Å². The third kappa shape index (κ3) is 3.98. The Labute approximate surface area is 156 Å². The van der Waals surface area contributed by atoms with E-state index in [2.05, 4.69) is 4.72 Å². The van der Waals surface area contributed by atoms with Gasteiger partial charge in [0.2, 0.25) is 10.0 Å². The van der Waals surface area contributed by atoms with Crippen molar-refractivity contribution in [1.29, 1.82) is 0 Å². The monoisotopic (exact) mass is 392 g/mol. The van der Waals surface area contributed by atoms with Crippen LogP contribution < -0.4 is 14.3 Å². The van der Waals surface area contributed by atoms with Crippen LogP contribution in [0.25, 0.3) is 10.2 Å². The Hall–Kier alpha value is -2.16. The van der Waals surface area contributed by atoms with Gasteiger partial charge in [-0.05, 0) is 48.7 Å². The Bertz CT molecular complexity index is 1070. The summed E-state index contributed by atoms with van der Waals surface area (Å²) in [7, 11) is -0.301. The van der Waals surface area contributed by atoms with Gasteiger partial charge in [-0.15, -0.1) is 0 Å². The first kappa shape index (κ1) is 18.6. The standard InChI is InChI=1S/C18H20N2O4S2/c1-20-16-10-9-15(12-17(16)25-18(20)21)26(22,23)19-11-3-4-13-5-7-14(24-2)8-6-13/h5-10,12,19H,3-4,11H2,1-2H3. The van der Waals surface area contributed by atoms with Crippen molar-refractivity contribution in [3.05, 3.63) is 57.7 Å². The van der Waals surface area contributed by atoms with E-state index in [1.54, 1.807) is 26.3 Å². The van der Waals surface area contributed by atoms with Crippen LogP contribution in [0, 0.1) is 0 Å². The molecule has 3 rings (SSSR count). The van der Waals surface area contributed by atoms with Crippen LogP contribution in [-0.4, -0.2) is 26.6 Å². The summed E-state index contributed by atoms with van der Waals surface area (Å²) in [6.45, 7) is 0.345. The summed E-state index contributed by atoms with van der Waals surface area (Å²) in [6.07, 6.45) is 1.46. The zero-order valence-electron chi connectivity index (χ0n) is 14.6. The molecule has 0 radical (unpaired) electrons. The maximum absolute atomic E-state index is 12.5. The number of sulfonamides is 1. The lowest BCUT2D eigenvalue weighted by atomic mass is 10.1. The van der Waals surface area contributed by atoms with Gasteiger partial charge >= 0.3 is 4.87 Å². The lowest BCUT2D eigenvalue weighted by molar-refractivity contribution is 0.414. The quantitative estimate of drug-likeness (QED) is 0.627. The highest BCUT2D eigenvalue weighted by Gasteiger charge is 2.15. The van der Waals surface area contributed by atoms with Crippen molar-refractivity contribution < 1.29 is 13.2 Å². The Morgan fingerprint density at radius 2 is 1.88 bits per heavy atom. The Morgan fingerprint density at radius 3 is 2.58 bits per heavy atom. The third-order valence-corrected chi connectivity index (χ3v) is 6.62. The number of hydrogen-bond acceptors (Lipinski definition) is 5. The molecule has 8 heteroatoms. The van der Waals surface area contributed by atoms with Crippen LogP contribution in [0.5, 0.6) is 5.75 Å². The van der Waals surface area contributed by atoms with Crippen molar-refractivity contribution in [3.63, 3.8) is 0 Å². The van der Waals surface area contributed by atoms with Crippen molar-refractivity contribution in [2.75, 3.05) is 13.7 Å². The molecule has 0 saturated heterocycles. The fourth-order valence-electron chi connectivity index (χ4n) is 2.66. The van der Waals surface area contributed by atoms with Gasteiger partial charge in [-0.1, -0.05) is 23.5 Å².